The molecule has 3 nitrogen and oxygen atoms in total. The second-order valence-corrected chi connectivity index (χ2v) is 6.04. The summed E-state index contributed by atoms with van der Waals surface area (Å²) in [6, 6.07) is 11.0. The molecule has 1 fully saturated rings. The molecule has 0 N–H and O–H groups in total. The first kappa shape index (κ1) is 12.9. The fourth-order valence-corrected chi connectivity index (χ4v) is 2.97. The van der Waals surface area contributed by atoms with E-state index in [-0.39, 0.29) is 0 Å². The predicted molar refractivity (Wildman–Crippen MR) is 77.8 cm³/mol. The van der Waals surface area contributed by atoms with Crippen LogP contribution in [0.5, 0.6) is 0 Å². The highest BCUT2D eigenvalue weighted by Gasteiger charge is 2.28. The number of benzene rings is 1. The summed E-state index contributed by atoms with van der Waals surface area (Å²) in [6.45, 7) is 4.07. The van der Waals surface area contributed by atoms with Gasteiger partial charge in [0.25, 0.3) is 0 Å². The van der Waals surface area contributed by atoms with Gasteiger partial charge in [0.2, 0.25) is 0 Å². The van der Waals surface area contributed by atoms with Crippen molar-refractivity contribution in [3.8, 4) is 0 Å². The minimum absolute atomic E-state index is 0.379. The lowest BCUT2D eigenvalue weighted by molar-refractivity contribution is 0.206. The molecule has 0 aliphatic carbocycles. The van der Waals surface area contributed by atoms with Crippen LogP contribution in [0.3, 0.4) is 0 Å². The first-order valence-electron chi connectivity index (χ1n) is 6.64. The molecule has 0 amide bonds. The average molecular weight is 321 g/mol. The summed E-state index contributed by atoms with van der Waals surface area (Å²) >= 11 is 3.47. The Labute approximate surface area is 121 Å². The van der Waals surface area contributed by atoms with Gasteiger partial charge in [-0.2, -0.15) is 0 Å². The number of halogens is 1. The van der Waals surface area contributed by atoms with E-state index in [0.717, 1.165) is 35.4 Å². The van der Waals surface area contributed by atoms with Gasteiger partial charge in [-0.15, -0.1) is 0 Å². The zero-order valence-electron chi connectivity index (χ0n) is 11.0. The van der Waals surface area contributed by atoms with Crippen LogP contribution in [-0.2, 0) is 6.54 Å². The highest BCUT2D eigenvalue weighted by atomic mass is 79.9. The Morgan fingerprint density at radius 3 is 2.84 bits per heavy atom. The SMILES string of the molecule is Cc1cc(C2CCCN2Cc2ccc(Br)cc2)on1. The van der Waals surface area contributed by atoms with E-state index in [4.69, 9.17) is 4.52 Å². The van der Waals surface area contributed by atoms with Crippen LogP contribution in [0.25, 0.3) is 0 Å². The van der Waals surface area contributed by atoms with E-state index in [1.165, 1.54) is 12.0 Å². The van der Waals surface area contributed by atoms with Gasteiger partial charge < -0.3 is 4.52 Å². The van der Waals surface area contributed by atoms with Crippen molar-refractivity contribution in [2.45, 2.75) is 32.4 Å². The van der Waals surface area contributed by atoms with Crippen LogP contribution in [0.1, 0.15) is 35.9 Å². The van der Waals surface area contributed by atoms with Crippen molar-refractivity contribution in [1.82, 2.24) is 10.1 Å². The van der Waals surface area contributed by atoms with Crippen LogP contribution in [-0.4, -0.2) is 16.6 Å². The molecule has 19 heavy (non-hydrogen) atoms. The van der Waals surface area contributed by atoms with E-state index in [1.54, 1.807) is 0 Å². The summed E-state index contributed by atoms with van der Waals surface area (Å²) in [5.74, 6) is 1.01. The molecular formula is C15H17BrN2O. The van der Waals surface area contributed by atoms with Crippen molar-refractivity contribution in [3.05, 3.63) is 51.8 Å². The van der Waals surface area contributed by atoms with Gasteiger partial charge in [0.1, 0.15) is 0 Å². The average Bonchev–Trinajstić information content (AvgIpc) is 3.01. The summed E-state index contributed by atoms with van der Waals surface area (Å²) in [4.78, 5) is 2.48. The Balaban J connectivity index is 1.74. The van der Waals surface area contributed by atoms with Crippen molar-refractivity contribution in [2.75, 3.05) is 6.54 Å². The van der Waals surface area contributed by atoms with Crippen molar-refractivity contribution in [2.24, 2.45) is 0 Å². The van der Waals surface area contributed by atoms with Gasteiger partial charge in [0.15, 0.2) is 5.76 Å². The molecule has 1 saturated heterocycles. The summed E-state index contributed by atoms with van der Waals surface area (Å²) in [5, 5.41) is 4.01. The zero-order chi connectivity index (χ0) is 13.2. The highest BCUT2D eigenvalue weighted by molar-refractivity contribution is 9.10. The Morgan fingerprint density at radius 1 is 1.37 bits per heavy atom. The number of aryl methyl sites for hydroxylation is 1. The smallest absolute Gasteiger partial charge is 0.154 e. The quantitative estimate of drug-likeness (QED) is 0.853. The van der Waals surface area contributed by atoms with E-state index in [0.29, 0.717) is 6.04 Å². The van der Waals surface area contributed by atoms with Gasteiger partial charge >= 0.3 is 0 Å². The molecule has 0 radical (unpaired) electrons. The number of nitrogens with zero attached hydrogens (tertiary/aromatic N) is 2. The first-order valence-corrected chi connectivity index (χ1v) is 7.43. The summed E-state index contributed by atoms with van der Waals surface area (Å²) in [6.07, 6.45) is 2.38. The van der Waals surface area contributed by atoms with Crippen LogP contribution in [0.15, 0.2) is 39.3 Å². The van der Waals surface area contributed by atoms with E-state index >= 15 is 0 Å². The number of hydrogen-bond donors (Lipinski definition) is 0. The molecule has 1 aromatic heterocycles. The maximum absolute atomic E-state index is 5.44. The molecule has 2 heterocycles. The topological polar surface area (TPSA) is 29.3 Å². The van der Waals surface area contributed by atoms with Crippen molar-refractivity contribution in [1.29, 1.82) is 0 Å². The van der Waals surface area contributed by atoms with Crippen molar-refractivity contribution < 1.29 is 4.52 Å². The Morgan fingerprint density at radius 2 is 2.16 bits per heavy atom. The zero-order valence-corrected chi connectivity index (χ0v) is 12.6. The fourth-order valence-electron chi connectivity index (χ4n) is 2.70. The lowest BCUT2D eigenvalue weighted by atomic mass is 10.1. The van der Waals surface area contributed by atoms with Gasteiger partial charge in [-0.3, -0.25) is 4.90 Å². The molecule has 100 valence electrons. The molecule has 1 unspecified atom stereocenters. The normalized spacial score (nSPS) is 20.0. The van der Waals surface area contributed by atoms with E-state index in [9.17, 15) is 0 Å². The van der Waals surface area contributed by atoms with Gasteiger partial charge in [-0.25, -0.2) is 0 Å². The number of hydrogen-bond acceptors (Lipinski definition) is 3. The van der Waals surface area contributed by atoms with Crippen LogP contribution in [0.2, 0.25) is 0 Å². The van der Waals surface area contributed by atoms with Crippen molar-refractivity contribution in [3.63, 3.8) is 0 Å². The highest BCUT2D eigenvalue weighted by Crippen LogP contribution is 2.33. The van der Waals surface area contributed by atoms with Gasteiger partial charge in [0, 0.05) is 17.1 Å². The molecule has 4 heteroatoms. The maximum Gasteiger partial charge on any atom is 0.154 e. The fraction of sp³-hybridized carbons (Fsp3) is 0.400. The molecule has 0 saturated carbocycles. The number of rotatable bonds is 3. The molecule has 1 atom stereocenters. The number of likely N-dealkylation sites (tertiary alicyclic amines) is 1. The van der Waals surface area contributed by atoms with E-state index in [2.05, 4.69) is 56.3 Å². The van der Waals surface area contributed by atoms with Gasteiger partial charge in [-0.05, 0) is 44.0 Å². The second-order valence-electron chi connectivity index (χ2n) is 5.13. The molecule has 1 aliphatic rings. The van der Waals surface area contributed by atoms with Crippen LogP contribution in [0, 0.1) is 6.92 Å². The third-order valence-corrected chi connectivity index (χ3v) is 4.17. The summed E-state index contributed by atoms with van der Waals surface area (Å²) in [7, 11) is 0. The minimum atomic E-state index is 0.379. The largest absolute Gasteiger partial charge is 0.359 e. The lowest BCUT2D eigenvalue weighted by Crippen LogP contribution is -2.22. The van der Waals surface area contributed by atoms with E-state index < -0.39 is 0 Å². The Hall–Kier alpha value is -1.13. The van der Waals surface area contributed by atoms with Crippen LogP contribution < -0.4 is 0 Å². The predicted octanol–water partition coefficient (Wildman–Crippen LogP) is 4.08. The maximum atomic E-state index is 5.44. The van der Waals surface area contributed by atoms with Crippen LogP contribution in [0.4, 0.5) is 0 Å². The third kappa shape index (κ3) is 2.90. The third-order valence-electron chi connectivity index (χ3n) is 3.64. The standard InChI is InChI=1S/C15H17BrN2O/c1-11-9-15(19-17-11)14-3-2-8-18(14)10-12-4-6-13(16)7-5-12/h4-7,9,14H,2-3,8,10H2,1H3. The monoisotopic (exact) mass is 320 g/mol. The molecule has 0 bridgehead atoms. The van der Waals surface area contributed by atoms with Crippen LogP contribution >= 0.6 is 15.9 Å². The molecule has 0 spiro atoms. The summed E-state index contributed by atoms with van der Waals surface area (Å²) in [5.41, 5.74) is 2.30. The number of aromatic nitrogens is 1. The Bertz CT molecular complexity index is 550. The molecule has 1 aliphatic heterocycles. The lowest BCUT2D eigenvalue weighted by Gasteiger charge is -2.22. The summed E-state index contributed by atoms with van der Waals surface area (Å²) < 4.78 is 6.56. The van der Waals surface area contributed by atoms with Crippen molar-refractivity contribution >= 4 is 15.9 Å². The van der Waals surface area contributed by atoms with Gasteiger partial charge in [0.05, 0.1) is 11.7 Å². The molecular weight excluding hydrogens is 304 g/mol. The van der Waals surface area contributed by atoms with E-state index in [1.807, 2.05) is 6.92 Å². The molecule has 3 rings (SSSR count). The molecule has 2 aromatic rings. The Kier molecular flexibility index (Phi) is 3.71. The van der Waals surface area contributed by atoms with Gasteiger partial charge in [-0.1, -0.05) is 33.2 Å². The molecule has 1 aromatic carbocycles. The minimum Gasteiger partial charge on any atom is -0.359 e. The second kappa shape index (κ2) is 5.47. The first-order chi connectivity index (χ1) is 9.22.